The van der Waals surface area contributed by atoms with Crippen LogP contribution in [0.15, 0.2) is 53.1 Å². The van der Waals surface area contributed by atoms with Crippen molar-refractivity contribution in [2.45, 2.75) is 13.8 Å². The number of hydrogen-bond acceptors (Lipinski definition) is 4. The molecule has 0 aliphatic carbocycles. The van der Waals surface area contributed by atoms with E-state index < -0.39 is 0 Å². The minimum Gasteiger partial charge on any atom is -0.435 e. The van der Waals surface area contributed by atoms with Gasteiger partial charge in [-0.2, -0.15) is 5.26 Å². The van der Waals surface area contributed by atoms with Gasteiger partial charge in [0.25, 0.3) is 0 Å². The molecule has 1 N–H and O–H groups in total. The van der Waals surface area contributed by atoms with E-state index in [0.29, 0.717) is 17.0 Å². The Morgan fingerprint density at radius 3 is 2.55 bits per heavy atom. The van der Waals surface area contributed by atoms with Crippen LogP contribution >= 0.6 is 0 Å². The molecule has 0 fully saturated rings. The minimum atomic E-state index is 0.322. The van der Waals surface area contributed by atoms with E-state index in [1.807, 2.05) is 56.3 Å². The molecule has 2 aromatic carbocycles. The highest BCUT2D eigenvalue weighted by Crippen LogP contribution is 2.23. The summed E-state index contributed by atoms with van der Waals surface area (Å²) in [6, 6.07) is 15.6. The highest BCUT2D eigenvalue weighted by molar-refractivity contribution is 5.80. The minimum absolute atomic E-state index is 0.322. The molecule has 4 heteroatoms. The number of allylic oxidation sites excluding steroid dienone is 1. The van der Waals surface area contributed by atoms with Gasteiger partial charge in [0.15, 0.2) is 5.58 Å². The molecule has 1 heterocycles. The van der Waals surface area contributed by atoms with Crippen LogP contribution in [0.2, 0.25) is 0 Å². The summed E-state index contributed by atoms with van der Waals surface area (Å²) >= 11 is 0. The molecule has 4 nitrogen and oxygen atoms in total. The second-order valence-corrected chi connectivity index (χ2v) is 5.07. The predicted octanol–water partition coefficient (Wildman–Crippen LogP) is 4.42. The average molecular weight is 289 g/mol. The van der Waals surface area contributed by atoms with Gasteiger partial charge in [0.1, 0.15) is 17.2 Å². The highest BCUT2D eigenvalue weighted by atomic mass is 16.3. The quantitative estimate of drug-likeness (QED) is 0.725. The number of nitrogens with zero attached hydrogens (tertiary/aromatic N) is 2. The third-order valence-corrected chi connectivity index (χ3v) is 3.49. The summed E-state index contributed by atoms with van der Waals surface area (Å²) in [7, 11) is 0. The SMILES string of the molecule is Cc1cccc(C)c1NC=C(C#N)c1nc2ccccc2o1. The van der Waals surface area contributed by atoms with Crippen molar-refractivity contribution in [3.8, 4) is 6.07 Å². The van der Waals surface area contributed by atoms with Crippen molar-refractivity contribution in [3.63, 3.8) is 0 Å². The van der Waals surface area contributed by atoms with Crippen LogP contribution in [0.5, 0.6) is 0 Å². The van der Waals surface area contributed by atoms with Crippen LogP contribution in [0, 0.1) is 25.2 Å². The number of aryl methyl sites for hydroxylation is 2. The fraction of sp³-hybridized carbons (Fsp3) is 0.111. The van der Waals surface area contributed by atoms with Crippen molar-refractivity contribution in [1.82, 2.24) is 4.98 Å². The van der Waals surface area contributed by atoms with Crippen LogP contribution in [-0.4, -0.2) is 4.98 Å². The smallest absolute Gasteiger partial charge is 0.239 e. The molecule has 0 aliphatic rings. The molecule has 1 aromatic heterocycles. The average Bonchev–Trinajstić information content (AvgIpc) is 2.94. The molecule has 108 valence electrons. The Bertz CT molecular complexity index is 847. The molecular formula is C18H15N3O. The Kier molecular flexibility index (Phi) is 3.63. The molecule has 3 aromatic rings. The van der Waals surface area contributed by atoms with Gasteiger partial charge in [0, 0.05) is 11.9 Å². The number of rotatable bonds is 3. The van der Waals surface area contributed by atoms with Gasteiger partial charge in [-0.15, -0.1) is 0 Å². The molecule has 0 bridgehead atoms. The normalized spacial score (nSPS) is 11.4. The maximum absolute atomic E-state index is 9.36. The predicted molar refractivity (Wildman–Crippen MR) is 87.1 cm³/mol. The van der Waals surface area contributed by atoms with Crippen LogP contribution < -0.4 is 5.32 Å². The van der Waals surface area contributed by atoms with E-state index in [0.717, 1.165) is 22.3 Å². The number of hydrogen-bond donors (Lipinski definition) is 1. The number of nitriles is 1. The fourth-order valence-electron chi connectivity index (χ4n) is 2.32. The second kappa shape index (κ2) is 5.74. The molecule has 0 amide bonds. The van der Waals surface area contributed by atoms with Gasteiger partial charge >= 0.3 is 0 Å². The zero-order valence-corrected chi connectivity index (χ0v) is 12.4. The van der Waals surface area contributed by atoms with E-state index >= 15 is 0 Å². The molecule has 0 saturated carbocycles. The maximum atomic E-state index is 9.36. The summed E-state index contributed by atoms with van der Waals surface area (Å²) < 4.78 is 5.63. The maximum Gasteiger partial charge on any atom is 0.239 e. The number of aromatic nitrogens is 1. The largest absolute Gasteiger partial charge is 0.435 e. The third-order valence-electron chi connectivity index (χ3n) is 3.49. The molecule has 0 radical (unpaired) electrons. The first-order valence-corrected chi connectivity index (χ1v) is 6.98. The Balaban J connectivity index is 1.95. The first-order valence-electron chi connectivity index (χ1n) is 6.98. The van der Waals surface area contributed by atoms with E-state index in [2.05, 4.69) is 16.4 Å². The van der Waals surface area contributed by atoms with Crippen molar-refractivity contribution >= 4 is 22.4 Å². The molecule has 0 atom stereocenters. The number of nitrogens with one attached hydrogen (secondary N) is 1. The van der Waals surface area contributed by atoms with E-state index in [-0.39, 0.29) is 0 Å². The van der Waals surface area contributed by atoms with Crippen LogP contribution in [-0.2, 0) is 0 Å². The lowest BCUT2D eigenvalue weighted by Crippen LogP contribution is -1.96. The number of anilines is 1. The van der Waals surface area contributed by atoms with E-state index in [1.165, 1.54) is 0 Å². The zero-order chi connectivity index (χ0) is 15.5. The van der Waals surface area contributed by atoms with Gasteiger partial charge < -0.3 is 9.73 Å². The molecular weight excluding hydrogens is 274 g/mol. The van der Waals surface area contributed by atoms with Crippen LogP contribution in [0.4, 0.5) is 5.69 Å². The summed E-state index contributed by atoms with van der Waals surface area (Å²) in [5.74, 6) is 0.322. The van der Waals surface area contributed by atoms with Gasteiger partial charge in [-0.3, -0.25) is 0 Å². The van der Waals surface area contributed by atoms with Gasteiger partial charge in [0.2, 0.25) is 5.89 Å². The van der Waals surface area contributed by atoms with Gasteiger partial charge in [-0.05, 0) is 37.1 Å². The Morgan fingerprint density at radius 1 is 1.14 bits per heavy atom. The Hall–Kier alpha value is -3.06. The second-order valence-electron chi connectivity index (χ2n) is 5.07. The lowest BCUT2D eigenvalue weighted by molar-refractivity contribution is 0.586. The van der Waals surface area contributed by atoms with Crippen molar-refractivity contribution in [2.75, 3.05) is 5.32 Å². The summed E-state index contributed by atoms with van der Waals surface area (Å²) in [6.07, 6.45) is 1.64. The van der Waals surface area contributed by atoms with Crippen molar-refractivity contribution in [1.29, 1.82) is 5.26 Å². The van der Waals surface area contributed by atoms with Gasteiger partial charge in [-0.25, -0.2) is 4.98 Å². The van der Waals surface area contributed by atoms with Gasteiger partial charge in [-0.1, -0.05) is 30.3 Å². The summed E-state index contributed by atoms with van der Waals surface area (Å²) in [5.41, 5.74) is 5.00. The lowest BCUT2D eigenvalue weighted by Gasteiger charge is -2.08. The number of fused-ring (bicyclic) bond motifs is 1. The molecule has 0 aliphatic heterocycles. The van der Waals surface area contributed by atoms with E-state index in [4.69, 9.17) is 4.42 Å². The lowest BCUT2D eigenvalue weighted by atomic mass is 10.1. The fourth-order valence-corrected chi connectivity index (χ4v) is 2.32. The van der Waals surface area contributed by atoms with Crippen molar-refractivity contribution < 1.29 is 4.42 Å². The van der Waals surface area contributed by atoms with Gasteiger partial charge in [0.05, 0.1) is 0 Å². The molecule has 0 saturated heterocycles. The summed E-state index contributed by atoms with van der Waals surface area (Å²) in [4.78, 5) is 4.34. The standard InChI is InChI=1S/C18H15N3O/c1-12-6-5-7-13(2)17(12)20-11-14(10-19)18-21-15-8-3-4-9-16(15)22-18/h3-9,11,20H,1-2H3. The van der Waals surface area contributed by atoms with Crippen molar-refractivity contribution in [2.24, 2.45) is 0 Å². The summed E-state index contributed by atoms with van der Waals surface area (Å²) in [5, 5.41) is 12.6. The first kappa shape index (κ1) is 13.9. The topological polar surface area (TPSA) is 61.9 Å². The summed E-state index contributed by atoms with van der Waals surface area (Å²) in [6.45, 7) is 4.04. The van der Waals surface area contributed by atoms with Crippen LogP contribution in [0.3, 0.4) is 0 Å². The van der Waals surface area contributed by atoms with Crippen molar-refractivity contribution in [3.05, 3.63) is 65.7 Å². The molecule has 22 heavy (non-hydrogen) atoms. The number of oxazole rings is 1. The monoisotopic (exact) mass is 289 g/mol. The zero-order valence-electron chi connectivity index (χ0n) is 12.4. The first-order chi connectivity index (χ1) is 10.7. The third kappa shape index (κ3) is 2.57. The Morgan fingerprint density at radius 2 is 1.86 bits per heavy atom. The van der Waals surface area contributed by atoms with Crippen LogP contribution in [0.1, 0.15) is 17.0 Å². The molecule has 0 unspecified atom stereocenters. The number of para-hydroxylation sites is 3. The van der Waals surface area contributed by atoms with E-state index in [9.17, 15) is 5.26 Å². The molecule has 0 spiro atoms. The van der Waals surface area contributed by atoms with E-state index in [1.54, 1.807) is 6.20 Å². The Labute approximate surface area is 128 Å². The molecule has 3 rings (SSSR count). The number of benzene rings is 2. The van der Waals surface area contributed by atoms with Crippen LogP contribution in [0.25, 0.3) is 16.7 Å². The highest BCUT2D eigenvalue weighted by Gasteiger charge is 2.10.